The molecule has 1 N–H and O–H groups in total. The van der Waals surface area contributed by atoms with Gasteiger partial charge in [-0.3, -0.25) is 4.98 Å². The standard InChI is InChI=1S/C24H13F5N6O/c25-18-5-6-19(21(27)10-18)23(36,13-35-14-32-33-34-35)24(28,29)22-8-3-15(12-31-22)1-4-17-9-16(11-30)2-7-20(17)26/h2-3,5-10,12,14,36H,13H2. The molecular weight excluding hydrogens is 483 g/mol. The van der Waals surface area contributed by atoms with Crippen molar-refractivity contribution in [1.82, 2.24) is 25.2 Å². The van der Waals surface area contributed by atoms with Crippen molar-refractivity contribution >= 4 is 0 Å². The topological polar surface area (TPSA) is 101 Å². The van der Waals surface area contributed by atoms with E-state index in [1.54, 1.807) is 0 Å². The molecule has 0 saturated carbocycles. The molecule has 4 rings (SSSR count). The smallest absolute Gasteiger partial charge is 0.323 e. The van der Waals surface area contributed by atoms with Crippen LogP contribution in [0.25, 0.3) is 0 Å². The van der Waals surface area contributed by atoms with Gasteiger partial charge in [-0.1, -0.05) is 11.8 Å². The Bertz CT molecular complexity index is 1510. The lowest BCUT2D eigenvalue weighted by molar-refractivity contribution is -0.207. The summed E-state index contributed by atoms with van der Waals surface area (Å²) < 4.78 is 74.1. The van der Waals surface area contributed by atoms with Crippen LogP contribution in [-0.4, -0.2) is 30.3 Å². The third-order valence-electron chi connectivity index (χ3n) is 5.20. The van der Waals surface area contributed by atoms with Gasteiger partial charge < -0.3 is 5.11 Å². The number of benzene rings is 2. The molecule has 2 aromatic heterocycles. The summed E-state index contributed by atoms with van der Waals surface area (Å²) in [6.45, 7) is -0.993. The zero-order chi connectivity index (χ0) is 25.9. The van der Waals surface area contributed by atoms with Crippen molar-refractivity contribution in [2.45, 2.75) is 18.1 Å². The van der Waals surface area contributed by atoms with Crippen LogP contribution in [0.3, 0.4) is 0 Å². The predicted octanol–water partition coefficient (Wildman–Crippen LogP) is 3.44. The number of halogens is 5. The quantitative estimate of drug-likeness (QED) is 0.336. The Balaban J connectivity index is 1.72. The zero-order valence-electron chi connectivity index (χ0n) is 18.0. The molecule has 1 atom stereocenters. The first-order chi connectivity index (χ1) is 17.1. The van der Waals surface area contributed by atoms with Crippen LogP contribution in [-0.2, 0) is 18.1 Å². The maximum Gasteiger partial charge on any atom is 0.323 e. The molecule has 0 radical (unpaired) electrons. The summed E-state index contributed by atoms with van der Waals surface area (Å²) in [4.78, 5) is 3.67. The molecule has 0 spiro atoms. The minimum Gasteiger partial charge on any atom is -0.377 e. The van der Waals surface area contributed by atoms with Crippen LogP contribution in [0, 0.1) is 40.6 Å². The second-order valence-corrected chi connectivity index (χ2v) is 7.55. The van der Waals surface area contributed by atoms with Gasteiger partial charge in [-0.25, -0.2) is 17.9 Å². The van der Waals surface area contributed by atoms with Crippen molar-refractivity contribution in [2.24, 2.45) is 0 Å². The molecule has 2 aromatic carbocycles. The van der Waals surface area contributed by atoms with Crippen LogP contribution < -0.4 is 0 Å². The van der Waals surface area contributed by atoms with Crippen LogP contribution in [0.1, 0.15) is 27.9 Å². The third kappa shape index (κ3) is 4.62. The monoisotopic (exact) mass is 496 g/mol. The highest BCUT2D eigenvalue weighted by atomic mass is 19.3. The molecule has 2 heterocycles. The van der Waals surface area contributed by atoms with E-state index in [0.717, 1.165) is 41.5 Å². The summed E-state index contributed by atoms with van der Waals surface area (Å²) in [7, 11) is 0. The molecule has 0 aliphatic heterocycles. The van der Waals surface area contributed by atoms with Crippen LogP contribution in [0.2, 0.25) is 0 Å². The molecule has 36 heavy (non-hydrogen) atoms. The van der Waals surface area contributed by atoms with Gasteiger partial charge in [-0.05, 0) is 52.9 Å². The Hall–Kier alpha value is -4.68. The molecule has 0 aliphatic carbocycles. The summed E-state index contributed by atoms with van der Waals surface area (Å²) in [5.41, 5.74) is -4.91. The molecule has 180 valence electrons. The number of rotatable bonds is 5. The van der Waals surface area contributed by atoms with Gasteiger partial charge in [-0.2, -0.15) is 14.0 Å². The van der Waals surface area contributed by atoms with Gasteiger partial charge in [0.15, 0.2) is 5.60 Å². The highest BCUT2D eigenvalue weighted by Gasteiger charge is 2.57. The fourth-order valence-electron chi connectivity index (χ4n) is 3.36. The first-order valence-electron chi connectivity index (χ1n) is 10.1. The molecule has 0 bridgehead atoms. The van der Waals surface area contributed by atoms with E-state index in [1.165, 1.54) is 12.1 Å². The van der Waals surface area contributed by atoms with Crippen LogP contribution >= 0.6 is 0 Å². The van der Waals surface area contributed by atoms with Crippen molar-refractivity contribution in [2.75, 3.05) is 0 Å². The normalized spacial score (nSPS) is 12.8. The number of nitrogens with zero attached hydrogens (tertiary/aromatic N) is 6. The summed E-state index contributed by atoms with van der Waals surface area (Å²) in [5, 5.41) is 30.1. The van der Waals surface area contributed by atoms with Crippen molar-refractivity contribution in [3.63, 3.8) is 0 Å². The molecule has 0 fully saturated rings. The number of tetrazole rings is 1. The minimum absolute atomic E-state index is 0.0777. The second-order valence-electron chi connectivity index (χ2n) is 7.55. The maximum absolute atomic E-state index is 15.7. The average Bonchev–Trinajstić information content (AvgIpc) is 3.36. The van der Waals surface area contributed by atoms with Gasteiger partial charge in [0.05, 0.1) is 23.7 Å². The van der Waals surface area contributed by atoms with Crippen LogP contribution in [0.5, 0.6) is 0 Å². The molecule has 7 nitrogen and oxygen atoms in total. The Morgan fingerprint density at radius 3 is 2.36 bits per heavy atom. The number of aromatic nitrogens is 5. The number of hydrogen-bond donors (Lipinski definition) is 1. The van der Waals surface area contributed by atoms with Crippen LogP contribution in [0.15, 0.2) is 61.1 Å². The van der Waals surface area contributed by atoms with Gasteiger partial charge in [0.2, 0.25) is 0 Å². The van der Waals surface area contributed by atoms with E-state index in [9.17, 15) is 18.3 Å². The lowest BCUT2D eigenvalue weighted by Gasteiger charge is -2.35. The van der Waals surface area contributed by atoms with Gasteiger partial charge in [-0.15, -0.1) is 5.10 Å². The molecule has 12 heteroatoms. The van der Waals surface area contributed by atoms with E-state index in [-0.39, 0.29) is 16.7 Å². The predicted molar refractivity (Wildman–Crippen MR) is 113 cm³/mol. The van der Waals surface area contributed by atoms with Crippen molar-refractivity contribution < 1.29 is 27.1 Å². The minimum atomic E-state index is -4.23. The van der Waals surface area contributed by atoms with E-state index in [1.807, 2.05) is 6.07 Å². The van der Waals surface area contributed by atoms with Gasteiger partial charge in [0.25, 0.3) is 0 Å². The summed E-state index contributed by atoms with van der Waals surface area (Å²) in [6.07, 6.45) is 1.90. The average molecular weight is 496 g/mol. The largest absolute Gasteiger partial charge is 0.377 e. The van der Waals surface area contributed by atoms with E-state index >= 15 is 8.78 Å². The lowest BCUT2D eigenvalue weighted by atomic mass is 9.84. The Kier molecular flexibility index (Phi) is 6.47. The first-order valence-corrected chi connectivity index (χ1v) is 10.1. The zero-order valence-corrected chi connectivity index (χ0v) is 18.0. The first kappa shape index (κ1) is 24.4. The highest BCUT2D eigenvalue weighted by Crippen LogP contribution is 2.46. The molecule has 0 saturated heterocycles. The van der Waals surface area contributed by atoms with Crippen LogP contribution in [0.4, 0.5) is 22.0 Å². The Morgan fingerprint density at radius 2 is 1.72 bits per heavy atom. The number of nitriles is 1. The maximum atomic E-state index is 15.7. The molecule has 0 amide bonds. The number of alkyl halides is 2. The molecule has 1 unspecified atom stereocenters. The van der Waals surface area contributed by atoms with Gasteiger partial charge in [0.1, 0.15) is 29.5 Å². The Morgan fingerprint density at radius 1 is 0.944 bits per heavy atom. The lowest BCUT2D eigenvalue weighted by Crippen LogP contribution is -2.48. The third-order valence-corrected chi connectivity index (χ3v) is 5.20. The molecule has 0 aliphatic rings. The number of pyridine rings is 1. The van der Waals surface area contributed by atoms with E-state index < -0.39 is 46.8 Å². The fourth-order valence-corrected chi connectivity index (χ4v) is 3.36. The molecular formula is C24H13F5N6O. The van der Waals surface area contributed by atoms with Crippen molar-refractivity contribution in [1.29, 1.82) is 5.26 Å². The summed E-state index contributed by atoms with van der Waals surface area (Å²) >= 11 is 0. The molecule has 4 aromatic rings. The highest BCUT2D eigenvalue weighted by molar-refractivity contribution is 5.46. The number of aliphatic hydroxyl groups is 1. The Labute approximate surface area is 200 Å². The van der Waals surface area contributed by atoms with Crippen molar-refractivity contribution in [3.8, 4) is 17.9 Å². The second kappa shape index (κ2) is 9.52. The van der Waals surface area contributed by atoms with E-state index in [0.29, 0.717) is 12.1 Å². The van der Waals surface area contributed by atoms with E-state index in [2.05, 4.69) is 32.4 Å². The summed E-state index contributed by atoms with van der Waals surface area (Å²) in [6, 6.07) is 9.23. The fraction of sp³-hybridized carbons (Fsp3) is 0.125. The van der Waals surface area contributed by atoms with Gasteiger partial charge >= 0.3 is 5.92 Å². The van der Waals surface area contributed by atoms with E-state index in [4.69, 9.17) is 5.26 Å². The van der Waals surface area contributed by atoms with Gasteiger partial charge in [0, 0.05) is 23.4 Å². The number of hydrogen-bond acceptors (Lipinski definition) is 6. The summed E-state index contributed by atoms with van der Waals surface area (Å²) in [5.74, 6) is -2.28. The SMILES string of the molecule is N#Cc1ccc(F)c(C#Cc2ccc(C(F)(F)C(O)(Cn3cnnn3)c3ccc(F)cc3F)nc2)c1. The van der Waals surface area contributed by atoms with Crippen molar-refractivity contribution in [3.05, 3.63) is 106 Å².